The lowest BCUT2D eigenvalue weighted by Crippen LogP contribution is -2.52. The van der Waals surface area contributed by atoms with Crippen LogP contribution in [0.3, 0.4) is 0 Å². The van der Waals surface area contributed by atoms with Crippen molar-refractivity contribution in [3.8, 4) is 5.75 Å². The molecule has 1 aromatic carbocycles. The lowest BCUT2D eigenvalue weighted by Gasteiger charge is -2.41. The minimum atomic E-state index is 0.226. The van der Waals surface area contributed by atoms with E-state index in [-0.39, 0.29) is 6.61 Å². The van der Waals surface area contributed by atoms with E-state index in [1.807, 2.05) is 10.9 Å². The highest BCUT2D eigenvalue weighted by Gasteiger charge is 2.27. The second kappa shape index (κ2) is 9.54. The highest BCUT2D eigenvalue weighted by Crippen LogP contribution is 2.26. The second-order valence-corrected chi connectivity index (χ2v) is 7.75. The highest BCUT2D eigenvalue weighted by molar-refractivity contribution is 5.43. The van der Waals surface area contributed by atoms with Gasteiger partial charge in [-0.3, -0.25) is 14.5 Å². The van der Waals surface area contributed by atoms with Gasteiger partial charge in [0.1, 0.15) is 5.75 Å². The first-order valence-corrected chi connectivity index (χ1v) is 10.3. The molecule has 1 unspecified atom stereocenters. The molecule has 6 heteroatoms. The number of nitrogens with zero attached hydrogens (tertiary/aromatic N) is 4. The number of aliphatic hydroxyl groups is 1. The average molecular weight is 387 g/mol. The number of aliphatic hydroxyl groups excluding tert-OH is 1. The Morgan fingerprint density at radius 2 is 2.00 bits per heavy atom. The Morgan fingerprint density at radius 1 is 1.18 bits per heavy atom. The molecule has 1 saturated heterocycles. The molecule has 28 heavy (non-hydrogen) atoms. The van der Waals surface area contributed by atoms with Crippen molar-refractivity contribution in [2.24, 2.45) is 0 Å². The average Bonchev–Trinajstić information content (AvgIpc) is 3.15. The zero-order valence-electron chi connectivity index (χ0n) is 17.7. The van der Waals surface area contributed by atoms with E-state index in [0.29, 0.717) is 6.04 Å². The summed E-state index contributed by atoms with van der Waals surface area (Å²) in [6, 6.07) is 4.62. The smallest absolute Gasteiger partial charge is 0.122 e. The predicted molar refractivity (Wildman–Crippen MR) is 112 cm³/mol. The lowest BCUT2D eigenvalue weighted by atomic mass is 10.00. The van der Waals surface area contributed by atoms with Crippen molar-refractivity contribution in [3.63, 3.8) is 0 Å². The Bertz CT molecular complexity index is 774. The van der Waals surface area contributed by atoms with Crippen molar-refractivity contribution in [1.29, 1.82) is 0 Å². The molecule has 2 heterocycles. The van der Waals surface area contributed by atoms with Crippen molar-refractivity contribution < 1.29 is 9.84 Å². The molecular formula is C22H34N4O2. The number of rotatable bonds is 8. The molecule has 2 aromatic rings. The van der Waals surface area contributed by atoms with E-state index in [1.54, 1.807) is 7.11 Å². The van der Waals surface area contributed by atoms with Crippen LogP contribution in [0, 0.1) is 13.8 Å². The van der Waals surface area contributed by atoms with Gasteiger partial charge in [-0.2, -0.15) is 5.10 Å². The van der Waals surface area contributed by atoms with Crippen LogP contribution in [-0.4, -0.2) is 64.1 Å². The normalized spacial score (nSPS) is 18.5. The predicted octanol–water partition coefficient (Wildman–Crippen LogP) is 2.60. The summed E-state index contributed by atoms with van der Waals surface area (Å²) in [5.41, 5.74) is 5.13. The molecule has 0 amide bonds. The first kappa shape index (κ1) is 20.8. The molecule has 1 aliphatic rings. The van der Waals surface area contributed by atoms with E-state index >= 15 is 0 Å². The molecule has 6 nitrogen and oxygen atoms in total. The van der Waals surface area contributed by atoms with Crippen LogP contribution in [0.2, 0.25) is 0 Å². The minimum Gasteiger partial charge on any atom is -0.496 e. The summed E-state index contributed by atoms with van der Waals surface area (Å²) in [6.45, 7) is 12.4. The number of aromatic nitrogens is 2. The first-order chi connectivity index (χ1) is 13.5. The monoisotopic (exact) mass is 386 g/mol. The maximum absolute atomic E-state index is 9.61. The van der Waals surface area contributed by atoms with Crippen molar-refractivity contribution in [2.45, 2.75) is 52.9 Å². The van der Waals surface area contributed by atoms with Crippen molar-refractivity contribution in [1.82, 2.24) is 19.6 Å². The summed E-state index contributed by atoms with van der Waals surface area (Å²) >= 11 is 0. The fourth-order valence-corrected chi connectivity index (χ4v) is 4.11. The van der Waals surface area contributed by atoms with Gasteiger partial charge < -0.3 is 9.84 Å². The lowest BCUT2D eigenvalue weighted by molar-refractivity contribution is 0.0498. The van der Waals surface area contributed by atoms with Crippen LogP contribution in [0.15, 0.2) is 24.5 Å². The second-order valence-electron chi connectivity index (χ2n) is 7.75. The Morgan fingerprint density at radius 3 is 2.68 bits per heavy atom. The molecule has 1 N–H and O–H groups in total. The van der Waals surface area contributed by atoms with Crippen LogP contribution in [0.25, 0.3) is 0 Å². The van der Waals surface area contributed by atoms with Gasteiger partial charge in [-0.15, -0.1) is 0 Å². The largest absolute Gasteiger partial charge is 0.496 e. The number of hydrogen-bond acceptors (Lipinski definition) is 5. The van der Waals surface area contributed by atoms with Gasteiger partial charge >= 0.3 is 0 Å². The Labute approximate surface area is 168 Å². The molecule has 1 aliphatic heterocycles. The molecule has 0 radical (unpaired) electrons. The fourth-order valence-electron chi connectivity index (χ4n) is 4.11. The van der Waals surface area contributed by atoms with Crippen LogP contribution < -0.4 is 4.74 Å². The molecule has 0 bridgehead atoms. The molecule has 1 fully saturated rings. The topological polar surface area (TPSA) is 53.8 Å². The van der Waals surface area contributed by atoms with Crippen LogP contribution in [0.4, 0.5) is 0 Å². The van der Waals surface area contributed by atoms with Gasteiger partial charge in [0, 0.05) is 63.7 Å². The Hall–Kier alpha value is -1.89. The zero-order valence-corrected chi connectivity index (χ0v) is 17.7. The van der Waals surface area contributed by atoms with Gasteiger partial charge in [0.25, 0.3) is 0 Å². The van der Waals surface area contributed by atoms with Gasteiger partial charge in [-0.1, -0.05) is 6.07 Å². The van der Waals surface area contributed by atoms with Crippen molar-refractivity contribution in [3.05, 3.63) is 46.8 Å². The summed E-state index contributed by atoms with van der Waals surface area (Å²) < 4.78 is 7.43. The van der Waals surface area contributed by atoms with Crippen LogP contribution in [0.5, 0.6) is 5.75 Å². The quantitative estimate of drug-likeness (QED) is 0.756. The zero-order chi connectivity index (χ0) is 20.1. The third-order valence-electron chi connectivity index (χ3n) is 6.01. The van der Waals surface area contributed by atoms with Crippen LogP contribution in [-0.2, 0) is 19.6 Å². The molecule has 0 spiro atoms. The summed E-state index contributed by atoms with van der Waals surface area (Å²) in [4.78, 5) is 5.01. The Balaban J connectivity index is 1.67. The molecule has 1 atom stereocenters. The maximum Gasteiger partial charge on any atom is 0.122 e. The third-order valence-corrected chi connectivity index (χ3v) is 6.01. The van der Waals surface area contributed by atoms with Gasteiger partial charge in [-0.25, -0.2) is 0 Å². The Kier molecular flexibility index (Phi) is 7.10. The highest BCUT2D eigenvalue weighted by atomic mass is 16.5. The first-order valence-electron chi connectivity index (χ1n) is 10.3. The molecule has 154 valence electrons. The van der Waals surface area contributed by atoms with Gasteiger partial charge in [-0.05, 0) is 49.9 Å². The number of hydrogen-bond donors (Lipinski definition) is 1. The number of benzene rings is 1. The minimum absolute atomic E-state index is 0.226. The van der Waals surface area contributed by atoms with E-state index in [0.717, 1.165) is 51.4 Å². The molecule has 3 rings (SSSR count). The van der Waals surface area contributed by atoms with E-state index < -0.39 is 0 Å². The van der Waals surface area contributed by atoms with E-state index in [1.165, 1.54) is 22.3 Å². The summed E-state index contributed by atoms with van der Waals surface area (Å²) in [6.07, 6.45) is 4.91. The molecule has 0 aliphatic carbocycles. The van der Waals surface area contributed by atoms with Crippen LogP contribution >= 0.6 is 0 Å². The molecule has 1 aromatic heterocycles. The van der Waals surface area contributed by atoms with Crippen molar-refractivity contribution >= 4 is 0 Å². The van der Waals surface area contributed by atoms with Crippen LogP contribution in [0.1, 0.15) is 35.6 Å². The number of piperazine rings is 1. The summed E-state index contributed by atoms with van der Waals surface area (Å²) in [7, 11) is 1.72. The maximum atomic E-state index is 9.61. The standard InChI is InChI=1S/C22H34N4O2/c1-5-26-14-19(12-23-26)13-24-9-10-25(21(16-24)8-11-27)15-20-6-7-22(28-4)18(3)17(20)2/h6-7,12,14,21,27H,5,8-11,13,15-16H2,1-4H3. The van der Waals surface area contributed by atoms with E-state index in [4.69, 9.17) is 4.74 Å². The van der Waals surface area contributed by atoms with Crippen molar-refractivity contribution in [2.75, 3.05) is 33.4 Å². The number of ether oxygens (including phenoxy) is 1. The van der Waals surface area contributed by atoms with E-state index in [9.17, 15) is 5.11 Å². The van der Waals surface area contributed by atoms with E-state index in [2.05, 4.69) is 54.0 Å². The SMILES string of the molecule is CCn1cc(CN2CCN(Cc3ccc(OC)c(C)c3C)C(CCO)C2)cn1. The fraction of sp³-hybridized carbons (Fsp3) is 0.591. The molecule has 0 saturated carbocycles. The summed E-state index contributed by atoms with van der Waals surface area (Å²) in [5.74, 6) is 0.950. The molecular weight excluding hydrogens is 352 g/mol. The van der Waals surface area contributed by atoms with Gasteiger partial charge in [0.05, 0.1) is 13.3 Å². The van der Waals surface area contributed by atoms with Gasteiger partial charge in [0.2, 0.25) is 0 Å². The summed E-state index contributed by atoms with van der Waals surface area (Å²) in [5, 5.41) is 14.0. The number of methoxy groups -OCH3 is 1. The third kappa shape index (κ3) is 4.74. The van der Waals surface area contributed by atoms with Gasteiger partial charge in [0.15, 0.2) is 0 Å². The number of aryl methyl sites for hydroxylation is 1.